The Balaban J connectivity index is 2.57. The number of rotatable bonds is 6. The summed E-state index contributed by atoms with van der Waals surface area (Å²) in [5.41, 5.74) is -0.959. The smallest absolute Gasteiger partial charge is 0.271 e. The van der Waals surface area contributed by atoms with Crippen molar-refractivity contribution >= 4 is 5.78 Å². The number of nitriles is 1. The van der Waals surface area contributed by atoms with Crippen molar-refractivity contribution in [2.45, 2.75) is 46.3 Å². The van der Waals surface area contributed by atoms with Gasteiger partial charge in [0.15, 0.2) is 17.7 Å². The highest BCUT2D eigenvalue weighted by Gasteiger charge is 2.29. The van der Waals surface area contributed by atoms with Crippen LogP contribution in [0.3, 0.4) is 0 Å². The molecule has 2 aromatic rings. The predicted octanol–water partition coefficient (Wildman–Crippen LogP) is 3.49. The molecule has 0 fully saturated rings. The second kappa shape index (κ2) is 8.04. The average Bonchev–Trinajstić information content (AvgIpc) is 2.63. The fraction of sp³-hybridized carbons (Fsp3) is 0.350. The standard InChI is InChI=1S/C20H21FN2O4/c1-5-11(2)23-19(25)14(10-22)12(3)17(20(23)26)18(24)13(4)27-16-9-7-6-8-15(16)21/h6-9,11,13,26H,5H2,1-4H3. The lowest BCUT2D eigenvalue weighted by Gasteiger charge is -2.21. The van der Waals surface area contributed by atoms with E-state index in [1.165, 1.54) is 32.0 Å². The number of hydrogen-bond donors (Lipinski definition) is 1. The number of carbonyl (C=O) groups excluding carboxylic acids is 1. The summed E-state index contributed by atoms with van der Waals surface area (Å²) in [4.78, 5) is 25.4. The highest BCUT2D eigenvalue weighted by molar-refractivity contribution is 6.03. The molecule has 1 heterocycles. The molecular formula is C20H21FN2O4. The number of aromatic nitrogens is 1. The molecule has 0 aliphatic rings. The van der Waals surface area contributed by atoms with Crippen molar-refractivity contribution in [3.05, 3.63) is 57.1 Å². The van der Waals surface area contributed by atoms with Crippen LogP contribution in [0.5, 0.6) is 11.6 Å². The average molecular weight is 372 g/mol. The summed E-state index contributed by atoms with van der Waals surface area (Å²) in [5, 5.41) is 20.0. The molecule has 2 atom stereocenters. The maximum Gasteiger partial charge on any atom is 0.271 e. The molecule has 0 spiro atoms. The minimum atomic E-state index is -1.14. The Morgan fingerprint density at radius 2 is 2.00 bits per heavy atom. The molecule has 142 valence electrons. The zero-order valence-electron chi connectivity index (χ0n) is 15.6. The zero-order valence-corrected chi connectivity index (χ0v) is 15.6. The van der Waals surface area contributed by atoms with Crippen LogP contribution in [0.4, 0.5) is 4.39 Å². The van der Waals surface area contributed by atoms with Gasteiger partial charge < -0.3 is 9.84 Å². The number of halogens is 1. The monoisotopic (exact) mass is 372 g/mol. The van der Waals surface area contributed by atoms with E-state index in [4.69, 9.17) is 4.74 Å². The number of pyridine rings is 1. The second-order valence-electron chi connectivity index (χ2n) is 6.30. The van der Waals surface area contributed by atoms with Crippen LogP contribution < -0.4 is 10.3 Å². The van der Waals surface area contributed by atoms with Gasteiger partial charge in [0.25, 0.3) is 5.56 Å². The van der Waals surface area contributed by atoms with E-state index in [1.807, 2.05) is 6.92 Å². The number of ketones is 1. The molecule has 0 aliphatic carbocycles. The molecule has 0 saturated carbocycles. The molecule has 1 aromatic heterocycles. The van der Waals surface area contributed by atoms with Gasteiger partial charge in [-0.2, -0.15) is 5.26 Å². The number of benzene rings is 1. The zero-order chi connectivity index (χ0) is 20.3. The molecule has 0 saturated heterocycles. The van der Waals surface area contributed by atoms with Crippen molar-refractivity contribution in [1.82, 2.24) is 4.57 Å². The largest absolute Gasteiger partial charge is 0.494 e. The molecule has 0 bridgehead atoms. The molecule has 6 nitrogen and oxygen atoms in total. The Kier molecular flexibility index (Phi) is 6.01. The predicted molar refractivity (Wildman–Crippen MR) is 97.6 cm³/mol. The molecule has 27 heavy (non-hydrogen) atoms. The van der Waals surface area contributed by atoms with E-state index in [9.17, 15) is 24.3 Å². The van der Waals surface area contributed by atoms with E-state index in [2.05, 4.69) is 0 Å². The third-order valence-corrected chi connectivity index (χ3v) is 4.53. The lowest BCUT2D eigenvalue weighted by atomic mass is 9.98. The van der Waals surface area contributed by atoms with E-state index in [-0.39, 0.29) is 22.4 Å². The first-order valence-electron chi connectivity index (χ1n) is 8.58. The Bertz CT molecular complexity index is 975. The number of para-hydroxylation sites is 1. The van der Waals surface area contributed by atoms with Crippen LogP contribution in [0.2, 0.25) is 0 Å². The molecule has 0 aliphatic heterocycles. The topological polar surface area (TPSA) is 92.3 Å². The van der Waals surface area contributed by atoms with E-state index < -0.39 is 35.2 Å². The summed E-state index contributed by atoms with van der Waals surface area (Å²) in [7, 11) is 0. The minimum absolute atomic E-state index is 0.0773. The lowest BCUT2D eigenvalue weighted by molar-refractivity contribution is 0.0806. The highest BCUT2D eigenvalue weighted by atomic mass is 19.1. The van der Waals surface area contributed by atoms with Gasteiger partial charge in [0, 0.05) is 6.04 Å². The van der Waals surface area contributed by atoms with Gasteiger partial charge in [-0.05, 0) is 44.9 Å². The van der Waals surface area contributed by atoms with E-state index in [0.29, 0.717) is 6.42 Å². The van der Waals surface area contributed by atoms with Gasteiger partial charge in [-0.3, -0.25) is 14.2 Å². The maximum absolute atomic E-state index is 13.8. The number of carbonyl (C=O) groups is 1. The highest BCUT2D eigenvalue weighted by Crippen LogP contribution is 2.28. The molecule has 7 heteroatoms. The Labute approximate surface area is 156 Å². The summed E-state index contributed by atoms with van der Waals surface area (Å²) in [6.07, 6.45) is -0.628. The van der Waals surface area contributed by atoms with Gasteiger partial charge in [-0.1, -0.05) is 19.1 Å². The summed E-state index contributed by atoms with van der Waals surface area (Å²) < 4.78 is 20.2. The van der Waals surface area contributed by atoms with E-state index >= 15 is 0 Å². The molecule has 1 N–H and O–H groups in total. The van der Waals surface area contributed by atoms with Crippen molar-refractivity contribution in [3.8, 4) is 17.7 Å². The summed E-state index contributed by atoms with van der Waals surface area (Å²) in [6.45, 7) is 6.35. The molecule has 2 rings (SSSR count). The lowest BCUT2D eigenvalue weighted by Crippen LogP contribution is -2.32. The molecule has 0 radical (unpaired) electrons. The number of nitrogens with zero attached hydrogens (tertiary/aromatic N) is 2. The normalized spacial score (nSPS) is 12.9. The minimum Gasteiger partial charge on any atom is -0.494 e. The van der Waals surface area contributed by atoms with Crippen LogP contribution in [-0.2, 0) is 0 Å². The van der Waals surface area contributed by atoms with Gasteiger partial charge in [0.05, 0.1) is 5.56 Å². The van der Waals surface area contributed by atoms with Crippen LogP contribution in [0.1, 0.15) is 54.7 Å². The quantitative estimate of drug-likeness (QED) is 0.784. The molecular weight excluding hydrogens is 351 g/mol. The first-order valence-corrected chi connectivity index (χ1v) is 8.58. The van der Waals surface area contributed by atoms with Gasteiger partial charge in [-0.15, -0.1) is 0 Å². The van der Waals surface area contributed by atoms with Gasteiger partial charge in [0.1, 0.15) is 11.6 Å². The van der Waals surface area contributed by atoms with E-state index in [0.717, 1.165) is 4.57 Å². The summed E-state index contributed by atoms with van der Waals surface area (Å²) in [5.74, 6) is -1.90. The Morgan fingerprint density at radius 1 is 1.37 bits per heavy atom. The second-order valence-corrected chi connectivity index (χ2v) is 6.30. The maximum atomic E-state index is 13.8. The Morgan fingerprint density at radius 3 is 2.56 bits per heavy atom. The van der Waals surface area contributed by atoms with Crippen molar-refractivity contribution in [2.24, 2.45) is 0 Å². The van der Waals surface area contributed by atoms with Gasteiger partial charge >= 0.3 is 0 Å². The van der Waals surface area contributed by atoms with Crippen molar-refractivity contribution in [2.75, 3.05) is 0 Å². The summed E-state index contributed by atoms with van der Waals surface area (Å²) in [6, 6.07) is 7.03. The number of Topliss-reactive ketones (excluding diaryl/α,β-unsaturated/α-hetero) is 1. The number of ether oxygens (including phenoxy) is 1. The summed E-state index contributed by atoms with van der Waals surface area (Å²) >= 11 is 0. The van der Waals surface area contributed by atoms with Crippen LogP contribution in [0, 0.1) is 24.1 Å². The first-order chi connectivity index (χ1) is 12.7. The molecule has 0 amide bonds. The van der Waals surface area contributed by atoms with Crippen molar-refractivity contribution in [1.29, 1.82) is 5.26 Å². The van der Waals surface area contributed by atoms with Crippen LogP contribution in [-0.4, -0.2) is 21.6 Å². The SMILES string of the molecule is CCC(C)n1c(O)c(C(=O)C(C)Oc2ccccc2F)c(C)c(C#N)c1=O. The van der Waals surface area contributed by atoms with Crippen LogP contribution >= 0.6 is 0 Å². The fourth-order valence-electron chi connectivity index (χ4n) is 2.80. The number of hydrogen-bond acceptors (Lipinski definition) is 5. The van der Waals surface area contributed by atoms with Crippen molar-refractivity contribution in [3.63, 3.8) is 0 Å². The molecule has 1 aromatic carbocycles. The third kappa shape index (κ3) is 3.70. The first kappa shape index (κ1) is 20.2. The van der Waals surface area contributed by atoms with Crippen molar-refractivity contribution < 1.29 is 19.0 Å². The number of aromatic hydroxyl groups is 1. The van der Waals surface area contributed by atoms with Gasteiger partial charge in [0.2, 0.25) is 11.7 Å². The fourth-order valence-corrected chi connectivity index (χ4v) is 2.80. The van der Waals surface area contributed by atoms with E-state index in [1.54, 1.807) is 19.1 Å². The Hall–Kier alpha value is -3.14. The molecule has 2 unspecified atom stereocenters. The van der Waals surface area contributed by atoms with Gasteiger partial charge in [-0.25, -0.2) is 4.39 Å². The van der Waals surface area contributed by atoms with Crippen LogP contribution in [0.15, 0.2) is 29.1 Å². The third-order valence-electron chi connectivity index (χ3n) is 4.53. The van der Waals surface area contributed by atoms with Crippen LogP contribution in [0.25, 0.3) is 0 Å².